The number of carbonyl (C=O) groups excluding carboxylic acids is 3. The lowest BCUT2D eigenvalue weighted by Crippen LogP contribution is -2.16. The summed E-state index contributed by atoms with van der Waals surface area (Å²) in [5.74, 6) is 0.200. The number of nitrogens with one attached hydrogen (secondary N) is 1. The van der Waals surface area contributed by atoms with Crippen LogP contribution in [0.5, 0.6) is 11.5 Å². The van der Waals surface area contributed by atoms with Crippen molar-refractivity contribution in [3.8, 4) is 11.5 Å². The Balaban J connectivity index is 1.60. The molecule has 1 N–H and O–H groups in total. The smallest absolute Gasteiger partial charge is 0.337 e. The summed E-state index contributed by atoms with van der Waals surface area (Å²) in [5, 5.41) is 2.74. The van der Waals surface area contributed by atoms with Gasteiger partial charge in [0, 0.05) is 24.1 Å². The molecule has 7 heteroatoms. The predicted molar refractivity (Wildman–Crippen MR) is 102 cm³/mol. The minimum Gasteiger partial charge on any atom is -0.486 e. The normalized spacial score (nSPS) is 12.2. The van der Waals surface area contributed by atoms with Gasteiger partial charge in [-0.2, -0.15) is 0 Å². The van der Waals surface area contributed by atoms with Gasteiger partial charge in [-0.1, -0.05) is 6.07 Å². The van der Waals surface area contributed by atoms with Crippen LogP contribution in [0.1, 0.15) is 39.1 Å². The molecule has 1 amide bonds. The number of ketones is 1. The number of ether oxygens (including phenoxy) is 3. The maximum absolute atomic E-state index is 12.4. The molecular weight excluding hydrogens is 362 g/mol. The molecule has 1 aliphatic heterocycles. The van der Waals surface area contributed by atoms with Gasteiger partial charge in [-0.3, -0.25) is 9.59 Å². The Morgan fingerprint density at radius 3 is 2.43 bits per heavy atom. The molecule has 3 rings (SSSR count). The summed E-state index contributed by atoms with van der Waals surface area (Å²) in [6.45, 7) is 2.74. The van der Waals surface area contributed by atoms with Gasteiger partial charge in [0.05, 0.1) is 12.7 Å². The quantitative estimate of drug-likeness (QED) is 0.609. The van der Waals surface area contributed by atoms with Crippen molar-refractivity contribution in [3.05, 3.63) is 53.1 Å². The summed E-state index contributed by atoms with van der Waals surface area (Å²) in [6.07, 6.45) is 0.0797. The fourth-order valence-corrected chi connectivity index (χ4v) is 2.80. The fraction of sp³-hybridized carbons (Fsp3) is 0.286. The summed E-state index contributed by atoms with van der Waals surface area (Å²) in [7, 11) is 1.30. The Labute approximate surface area is 162 Å². The van der Waals surface area contributed by atoms with Crippen LogP contribution in [0, 0.1) is 6.92 Å². The third kappa shape index (κ3) is 4.49. The second kappa shape index (κ2) is 8.56. The molecule has 0 aromatic heterocycles. The third-order valence-corrected chi connectivity index (χ3v) is 4.38. The maximum atomic E-state index is 12.4. The van der Waals surface area contributed by atoms with E-state index in [4.69, 9.17) is 9.47 Å². The van der Waals surface area contributed by atoms with E-state index >= 15 is 0 Å². The van der Waals surface area contributed by atoms with E-state index in [1.165, 1.54) is 7.11 Å². The number of amides is 1. The number of esters is 1. The van der Waals surface area contributed by atoms with Crippen LogP contribution in [0.4, 0.5) is 5.69 Å². The van der Waals surface area contributed by atoms with E-state index in [9.17, 15) is 14.4 Å². The highest BCUT2D eigenvalue weighted by atomic mass is 16.6. The first-order valence-electron chi connectivity index (χ1n) is 8.89. The highest BCUT2D eigenvalue weighted by molar-refractivity contribution is 6.01. The maximum Gasteiger partial charge on any atom is 0.337 e. The molecule has 2 aromatic carbocycles. The van der Waals surface area contributed by atoms with Crippen molar-refractivity contribution in [1.82, 2.24) is 0 Å². The number of hydrogen-bond acceptors (Lipinski definition) is 6. The van der Waals surface area contributed by atoms with Crippen molar-refractivity contribution in [1.29, 1.82) is 0 Å². The number of aryl methyl sites for hydroxylation is 1. The number of anilines is 1. The Morgan fingerprint density at radius 1 is 0.964 bits per heavy atom. The molecule has 1 heterocycles. The van der Waals surface area contributed by atoms with Gasteiger partial charge in [0.1, 0.15) is 13.2 Å². The molecule has 0 fully saturated rings. The predicted octanol–water partition coefficient (Wildman–Crippen LogP) is 3.15. The second-order valence-electron chi connectivity index (χ2n) is 6.35. The van der Waals surface area contributed by atoms with E-state index < -0.39 is 5.97 Å². The van der Waals surface area contributed by atoms with Crippen molar-refractivity contribution in [2.24, 2.45) is 0 Å². The average molecular weight is 383 g/mol. The van der Waals surface area contributed by atoms with Gasteiger partial charge in [-0.25, -0.2) is 4.79 Å². The first-order valence-corrected chi connectivity index (χ1v) is 8.89. The Morgan fingerprint density at radius 2 is 1.68 bits per heavy atom. The molecule has 1 aliphatic rings. The van der Waals surface area contributed by atoms with E-state index in [0.717, 1.165) is 5.56 Å². The van der Waals surface area contributed by atoms with Crippen molar-refractivity contribution in [2.75, 3.05) is 25.6 Å². The number of benzene rings is 2. The topological polar surface area (TPSA) is 90.9 Å². The number of Topliss-reactive ketones (excluding diaryl/α,β-unsaturated/α-hetero) is 1. The highest BCUT2D eigenvalue weighted by Crippen LogP contribution is 2.31. The van der Waals surface area contributed by atoms with E-state index in [1.54, 1.807) is 36.4 Å². The lowest BCUT2D eigenvalue weighted by molar-refractivity contribution is -0.116. The van der Waals surface area contributed by atoms with E-state index in [1.807, 2.05) is 6.92 Å². The largest absolute Gasteiger partial charge is 0.486 e. The molecule has 0 saturated heterocycles. The molecule has 0 aliphatic carbocycles. The molecule has 7 nitrogen and oxygen atoms in total. The molecule has 0 saturated carbocycles. The Kier molecular flexibility index (Phi) is 5.93. The van der Waals surface area contributed by atoms with E-state index in [2.05, 4.69) is 10.1 Å². The molecule has 0 spiro atoms. The van der Waals surface area contributed by atoms with Gasteiger partial charge >= 0.3 is 5.97 Å². The van der Waals surface area contributed by atoms with Crippen LogP contribution in [0.3, 0.4) is 0 Å². The van der Waals surface area contributed by atoms with Crippen LogP contribution in [0.15, 0.2) is 36.4 Å². The van der Waals surface area contributed by atoms with E-state index in [-0.39, 0.29) is 24.5 Å². The van der Waals surface area contributed by atoms with Crippen LogP contribution in [0.2, 0.25) is 0 Å². The van der Waals surface area contributed by atoms with Gasteiger partial charge in [0.2, 0.25) is 5.91 Å². The Bertz CT molecular complexity index is 921. The van der Waals surface area contributed by atoms with Gasteiger partial charge < -0.3 is 19.5 Å². The third-order valence-electron chi connectivity index (χ3n) is 4.38. The first-order chi connectivity index (χ1) is 13.5. The van der Waals surface area contributed by atoms with Crippen LogP contribution >= 0.6 is 0 Å². The summed E-state index contributed by atoms with van der Waals surface area (Å²) >= 11 is 0. The van der Waals surface area contributed by atoms with Crippen LogP contribution < -0.4 is 14.8 Å². The zero-order valence-corrected chi connectivity index (χ0v) is 15.7. The zero-order valence-electron chi connectivity index (χ0n) is 15.7. The van der Waals surface area contributed by atoms with Crippen LogP contribution in [-0.4, -0.2) is 38.0 Å². The molecule has 28 heavy (non-hydrogen) atoms. The number of methoxy groups -OCH3 is 1. The molecule has 0 bridgehead atoms. The summed E-state index contributed by atoms with van der Waals surface area (Å²) in [4.78, 5) is 36.3. The second-order valence-corrected chi connectivity index (χ2v) is 6.35. The number of fused-ring (bicyclic) bond motifs is 1. The highest BCUT2D eigenvalue weighted by Gasteiger charge is 2.16. The number of carbonyl (C=O) groups is 3. The summed E-state index contributed by atoms with van der Waals surface area (Å²) < 4.78 is 15.6. The summed E-state index contributed by atoms with van der Waals surface area (Å²) in [5.41, 5.74) is 2.13. The lowest BCUT2D eigenvalue weighted by Gasteiger charge is -2.18. The van der Waals surface area contributed by atoms with Gasteiger partial charge in [0.15, 0.2) is 17.3 Å². The molecular formula is C21H21NO6. The van der Waals surface area contributed by atoms with Gasteiger partial charge in [-0.05, 0) is 42.8 Å². The molecule has 146 valence electrons. The van der Waals surface area contributed by atoms with Gasteiger partial charge in [0.25, 0.3) is 0 Å². The fourth-order valence-electron chi connectivity index (χ4n) is 2.80. The van der Waals surface area contributed by atoms with Crippen LogP contribution in [-0.2, 0) is 9.53 Å². The van der Waals surface area contributed by atoms with Crippen molar-refractivity contribution < 1.29 is 28.6 Å². The lowest BCUT2D eigenvalue weighted by atomic mass is 10.1. The van der Waals surface area contributed by atoms with Gasteiger partial charge in [-0.15, -0.1) is 0 Å². The van der Waals surface area contributed by atoms with Crippen molar-refractivity contribution >= 4 is 23.3 Å². The zero-order chi connectivity index (χ0) is 20.1. The monoisotopic (exact) mass is 383 g/mol. The van der Waals surface area contributed by atoms with Crippen molar-refractivity contribution in [2.45, 2.75) is 19.8 Å². The minimum atomic E-state index is -0.482. The molecule has 0 radical (unpaired) electrons. The van der Waals surface area contributed by atoms with Crippen molar-refractivity contribution in [3.63, 3.8) is 0 Å². The average Bonchev–Trinajstić information content (AvgIpc) is 2.72. The molecule has 0 unspecified atom stereocenters. The molecule has 0 atom stereocenters. The SMILES string of the molecule is COC(=O)c1ccc(C)c(NC(=O)CCC(=O)c2ccc3c(c2)OCCO3)c1. The number of rotatable bonds is 6. The minimum absolute atomic E-state index is 0.0230. The van der Waals surface area contributed by atoms with Crippen LogP contribution in [0.25, 0.3) is 0 Å². The summed E-state index contributed by atoms with van der Waals surface area (Å²) in [6, 6.07) is 9.91. The van der Waals surface area contributed by atoms with E-state index in [0.29, 0.717) is 41.5 Å². The standard InChI is InChI=1S/C21H21NO6/c1-13-3-4-15(21(25)26-2)11-16(13)22-20(24)8-6-17(23)14-5-7-18-19(12-14)28-10-9-27-18/h3-5,7,11-12H,6,8-10H2,1-2H3,(H,22,24). The first kappa shape index (κ1) is 19.4. The number of hydrogen-bond donors (Lipinski definition) is 1. The molecule has 2 aromatic rings. The Hall–Kier alpha value is -3.35.